The molecule has 2 heterocycles. The molecule has 0 fully saturated rings. The first kappa shape index (κ1) is 22.0. The number of hydrogen-bond acceptors (Lipinski definition) is 6. The zero-order chi connectivity index (χ0) is 23.4. The topological polar surface area (TPSA) is 103 Å². The number of aryl methyl sites for hydroxylation is 1. The number of nitrogens with one attached hydrogen (secondary N) is 3. The average Bonchev–Trinajstić information content (AvgIpc) is 3.23. The van der Waals surface area contributed by atoms with Crippen molar-refractivity contribution in [3.8, 4) is 22.5 Å². The lowest BCUT2D eigenvalue weighted by atomic mass is 9.98. The van der Waals surface area contributed by atoms with E-state index >= 15 is 0 Å². The van der Waals surface area contributed by atoms with Gasteiger partial charge in [0.05, 0.1) is 12.7 Å². The third kappa shape index (κ3) is 5.36. The summed E-state index contributed by atoms with van der Waals surface area (Å²) in [6, 6.07) is 17.0. The maximum Gasteiger partial charge on any atom is 0.299 e. The van der Waals surface area contributed by atoms with Gasteiger partial charge in [0, 0.05) is 28.7 Å². The highest BCUT2D eigenvalue weighted by Crippen LogP contribution is 2.30. The molecule has 4 aromatic rings. The quantitative estimate of drug-likeness (QED) is 0.395. The van der Waals surface area contributed by atoms with Gasteiger partial charge in [-0.25, -0.2) is 4.98 Å². The van der Waals surface area contributed by atoms with E-state index < -0.39 is 0 Å². The summed E-state index contributed by atoms with van der Waals surface area (Å²) >= 11 is 0. The fourth-order valence-electron chi connectivity index (χ4n) is 3.45. The predicted molar refractivity (Wildman–Crippen MR) is 130 cm³/mol. The zero-order valence-corrected chi connectivity index (χ0v) is 18.7. The van der Waals surface area contributed by atoms with Crippen LogP contribution < -0.4 is 16.2 Å². The van der Waals surface area contributed by atoms with Crippen LogP contribution in [0.25, 0.3) is 22.5 Å². The van der Waals surface area contributed by atoms with Gasteiger partial charge in [-0.3, -0.25) is 9.59 Å². The Morgan fingerprint density at radius 1 is 1.06 bits per heavy atom. The number of oxazole rings is 1. The van der Waals surface area contributed by atoms with Crippen LogP contribution in [0.15, 0.2) is 76.2 Å². The lowest BCUT2D eigenvalue weighted by Gasteiger charge is -2.11. The molecule has 0 saturated carbocycles. The van der Waals surface area contributed by atoms with Gasteiger partial charge in [-0.05, 0) is 68.5 Å². The number of amides is 1. The third-order valence-electron chi connectivity index (χ3n) is 4.99. The summed E-state index contributed by atoms with van der Waals surface area (Å²) in [5, 5.41) is 5.98. The van der Waals surface area contributed by atoms with Crippen molar-refractivity contribution in [1.29, 1.82) is 0 Å². The van der Waals surface area contributed by atoms with E-state index in [4.69, 9.17) is 4.42 Å². The Kier molecular flexibility index (Phi) is 6.37. The van der Waals surface area contributed by atoms with Crippen LogP contribution >= 0.6 is 0 Å². The lowest BCUT2D eigenvalue weighted by molar-refractivity contribution is -0.116. The van der Waals surface area contributed by atoms with Crippen LogP contribution in [0.5, 0.6) is 0 Å². The number of pyridine rings is 1. The molecule has 0 atom stereocenters. The van der Waals surface area contributed by atoms with Crippen molar-refractivity contribution in [1.82, 2.24) is 14.9 Å². The fourth-order valence-corrected chi connectivity index (χ4v) is 3.45. The predicted octanol–water partition coefficient (Wildman–Crippen LogP) is 4.25. The number of aromatic nitrogens is 2. The third-order valence-corrected chi connectivity index (χ3v) is 4.99. The van der Waals surface area contributed by atoms with Crippen molar-refractivity contribution >= 4 is 23.3 Å². The lowest BCUT2D eigenvalue weighted by Crippen LogP contribution is -2.27. The minimum Gasteiger partial charge on any atom is -0.423 e. The van der Waals surface area contributed by atoms with E-state index in [-0.39, 0.29) is 11.5 Å². The fraction of sp³-hybridized carbons (Fsp3) is 0.160. The molecule has 0 aliphatic heterocycles. The number of likely N-dealkylation sites (N-methyl/N-ethyl adjacent to an activating group) is 1. The Bertz CT molecular complexity index is 1340. The van der Waals surface area contributed by atoms with Crippen LogP contribution in [0, 0.1) is 6.92 Å². The minimum atomic E-state index is -0.143. The van der Waals surface area contributed by atoms with E-state index in [1.807, 2.05) is 63.5 Å². The van der Waals surface area contributed by atoms with Crippen LogP contribution in [0.2, 0.25) is 0 Å². The molecule has 0 aliphatic carbocycles. The largest absolute Gasteiger partial charge is 0.423 e. The molecule has 0 unspecified atom stereocenters. The Balaban J connectivity index is 1.53. The van der Waals surface area contributed by atoms with Crippen molar-refractivity contribution in [2.24, 2.45) is 0 Å². The van der Waals surface area contributed by atoms with E-state index in [9.17, 15) is 9.59 Å². The number of carbonyl (C=O) groups is 1. The number of nitrogens with zero attached hydrogens (tertiary/aromatic N) is 2. The van der Waals surface area contributed by atoms with Crippen LogP contribution in [0.1, 0.15) is 5.56 Å². The Labute approximate surface area is 191 Å². The van der Waals surface area contributed by atoms with Gasteiger partial charge in [-0.2, -0.15) is 0 Å². The SMILES string of the molecule is Cc1ccc(-c2cnc(Nc3cccc(NC(=O)CN(C)C)c3)o2)cc1-c1ccc[nH]c1=O. The second kappa shape index (κ2) is 9.54. The molecule has 2 aromatic carbocycles. The van der Waals surface area contributed by atoms with Gasteiger partial charge in [0.2, 0.25) is 5.91 Å². The summed E-state index contributed by atoms with van der Waals surface area (Å²) in [4.78, 5) is 33.1. The van der Waals surface area contributed by atoms with Crippen LogP contribution in [0.4, 0.5) is 17.4 Å². The van der Waals surface area contributed by atoms with Crippen molar-refractivity contribution < 1.29 is 9.21 Å². The Hall–Kier alpha value is -4.17. The van der Waals surface area contributed by atoms with Crippen molar-refractivity contribution in [3.05, 3.63) is 82.9 Å². The smallest absolute Gasteiger partial charge is 0.299 e. The standard InChI is InChI=1S/C25H25N5O3/c1-16-9-10-17(12-21(16)20-8-5-11-26-24(20)32)22-14-27-25(33-22)29-19-7-4-6-18(13-19)28-23(31)15-30(2)3/h4-14H,15H2,1-3H3,(H,26,32)(H,27,29)(H,28,31). The molecule has 4 rings (SSSR count). The van der Waals surface area contributed by atoms with E-state index in [0.29, 0.717) is 29.6 Å². The second-order valence-corrected chi connectivity index (χ2v) is 7.96. The van der Waals surface area contributed by atoms with Gasteiger partial charge in [-0.15, -0.1) is 0 Å². The molecule has 8 heteroatoms. The summed E-state index contributed by atoms with van der Waals surface area (Å²) in [5.41, 5.74) is 4.49. The number of aromatic amines is 1. The van der Waals surface area contributed by atoms with Crippen LogP contribution in [-0.2, 0) is 4.79 Å². The summed E-state index contributed by atoms with van der Waals surface area (Å²) in [6.07, 6.45) is 3.25. The summed E-state index contributed by atoms with van der Waals surface area (Å²) < 4.78 is 5.91. The normalized spacial score (nSPS) is 10.9. The van der Waals surface area contributed by atoms with Gasteiger partial charge in [0.25, 0.3) is 11.6 Å². The average molecular weight is 444 g/mol. The van der Waals surface area contributed by atoms with E-state index in [2.05, 4.69) is 20.6 Å². The number of rotatable bonds is 7. The Morgan fingerprint density at radius 2 is 1.88 bits per heavy atom. The van der Waals surface area contributed by atoms with Crippen LogP contribution in [-0.4, -0.2) is 41.4 Å². The molecule has 168 valence electrons. The van der Waals surface area contributed by atoms with Gasteiger partial charge in [0.1, 0.15) is 0 Å². The number of carbonyl (C=O) groups excluding carboxylic acids is 1. The number of benzene rings is 2. The maximum absolute atomic E-state index is 12.2. The molecule has 2 aromatic heterocycles. The maximum atomic E-state index is 12.2. The van der Waals surface area contributed by atoms with Gasteiger partial charge in [0.15, 0.2) is 5.76 Å². The van der Waals surface area contributed by atoms with Crippen LogP contribution in [0.3, 0.4) is 0 Å². The molecule has 0 spiro atoms. The highest BCUT2D eigenvalue weighted by Gasteiger charge is 2.12. The Morgan fingerprint density at radius 3 is 2.67 bits per heavy atom. The molecule has 8 nitrogen and oxygen atoms in total. The monoisotopic (exact) mass is 443 g/mol. The van der Waals surface area contributed by atoms with E-state index in [1.165, 1.54) is 0 Å². The molecule has 33 heavy (non-hydrogen) atoms. The van der Waals surface area contributed by atoms with Gasteiger partial charge < -0.3 is 24.9 Å². The second-order valence-electron chi connectivity index (χ2n) is 7.96. The molecule has 0 bridgehead atoms. The first-order chi connectivity index (χ1) is 15.9. The van der Waals surface area contributed by atoms with E-state index in [0.717, 1.165) is 22.4 Å². The molecule has 0 aliphatic rings. The summed E-state index contributed by atoms with van der Waals surface area (Å²) in [5.74, 6) is 0.476. The molecule has 0 saturated heterocycles. The summed E-state index contributed by atoms with van der Waals surface area (Å²) in [7, 11) is 3.68. The zero-order valence-electron chi connectivity index (χ0n) is 18.7. The first-order valence-corrected chi connectivity index (χ1v) is 10.5. The van der Waals surface area contributed by atoms with Gasteiger partial charge in [-0.1, -0.05) is 18.2 Å². The summed E-state index contributed by atoms with van der Waals surface area (Å²) in [6.45, 7) is 2.26. The highest BCUT2D eigenvalue weighted by atomic mass is 16.4. The van der Waals surface area contributed by atoms with Crippen molar-refractivity contribution in [2.45, 2.75) is 6.92 Å². The van der Waals surface area contributed by atoms with Crippen molar-refractivity contribution in [3.63, 3.8) is 0 Å². The minimum absolute atomic E-state index is 0.0945. The molecular formula is C25H25N5O3. The highest BCUT2D eigenvalue weighted by molar-refractivity contribution is 5.92. The molecule has 3 N–H and O–H groups in total. The van der Waals surface area contributed by atoms with Crippen molar-refractivity contribution in [2.75, 3.05) is 31.3 Å². The van der Waals surface area contributed by atoms with Gasteiger partial charge >= 0.3 is 0 Å². The number of hydrogen-bond donors (Lipinski definition) is 3. The number of H-pyrrole nitrogens is 1. The number of anilines is 3. The molecule has 0 radical (unpaired) electrons. The molecular weight excluding hydrogens is 418 g/mol. The first-order valence-electron chi connectivity index (χ1n) is 10.5. The van der Waals surface area contributed by atoms with E-state index in [1.54, 1.807) is 29.4 Å². The molecule has 1 amide bonds.